The zero-order valence-electron chi connectivity index (χ0n) is 15.4. The zero-order chi connectivity index (χ0) is 20.2. The first kappa shape index (κ1) is 18.2. The predicted octanol–water partition coefficient (Wildman–Crippen LogP) is 5.80. The topological polar surface area (TPSA) is 100 Å². The zero-order valence-corrected chi connectivity index (χ0v) is 15.4. The molecular formula is C23H18N4O2. The standard InChI is InChI=1S/C23H18N4O2/c24-16-10-12-18(13-11-16)26-27-21-19-9-5-4-6-15(19)14-20(22(21)28)23(29)25-17-7-2-1-3-8-17/h1-14,28H,24H2,(H,25,29). The van der Waals surface area contributed by atoms with Gasteiger partial charge in [-0.15, -0.1) is 5.11 Å². The molecule has 0 unspecified atom stereocenters. The van der Waals surface area contributed by atoms with Gasteiger partial charge in [-0.25, -0.2) is 0 Å². The number of nitrogens with zero attached hydrogens (tertiary/aromatic N) is 2. The number of amides is 1. The molecule has 6 heteroatoms. The Morgan fingerprint density at radius 3 is 2.31 bits per heavy atom. The Labute approximate surface area is 167 Å². The van der Waals surface area contributed by atoms with Gasteiger partial charge in [0.25, 0.3) is 5.91 Å². The number of hydrogen-bond donors (Lipinski definition) is 3. The Morgan fingerprint density at radius 2 is 1.55 bits per heavy atom. The summed E-state index contributed by atoms with van der Waals surface area (Å²) in [6.07, 6.45) is 0. The maximum Gasteiger partial charge on any atom is 0.259 e. The first-order valence-corrected chi connectivity index (χ1v) is 9.00. The van der Waals surface area contributed by atoms with Crippen molar-refractivity contribution in [1.82, 2.24) is 0 Å². The fourth-order valence-corrected chi connectivity index (χ4v) is 2.96. The van der Waals surface area contributed by atoms with Crippen LogP contribution in [0, 0.1) is 0 Å². The molecule has 0 aromatic heterocycles. The van der Waals surface area contributed by atoms with Crippen LogP contribution in [0.4, 0.5) is 22.7 Å². The van der Waals surface area contributed by atoms with Crippen LogP contribution < -0.4 is 11.1 Å². The summed E-state index contributed by atoms with van der Waals surface area (Å²) in [5.74, 6) is -0.653. The number of benzene rings is 4. The van der Waals surface area contributed by atoms with Gasteiger partial charge < -0.3 is 16.2 Å². The smallest absolute Gasteiger partial charge is 0.259 e. The largest absolute Gasteiger partial charge is 0.505 e. The highest BCUT2D eigenvalue weighted by molar-refractivity contribution is 6.11. The van der Waals surface area contributed by atoms with Crippen LogP contribution >= 0.6 is 0 Å². The van der Waals surface area contributed by atoms with E-state index in [9.17, 15) is 9.90 Å². The average Bonchev–Trinajstić information content (AvgIpc) is 2.74. The molecule has 1 amide bonds. The fraction of sp³-hybridized carbons (Fsp3) is 0. The van der Waals surface area contributed by atoms with E-state index < -0.39 is 5.91 Å². The van der Waals surface area contributed by atoms with Crippen LogP contribution in [0.25, 0.3) is 10.8 Å². The third-order valence-corrected chi connectivity index (χ3v) is 4.43. The number of fused-ring (bicyclic) bond motifs is 1. The van der Waals surface area contributed by atoms with Gasteiger partial charge in [-0.2, -0.15) is 5.11 Å². The number of rotatable bonds is 4. The van der Waals surface area contributed by atoms with Crippen molar-refractivity contribution in [3.8, 4) is 5.75 Å². The third-order valence-electron chi connectivity index (χ3n) is 4.43. The molecular weight excluding hydrogens is 364 g/mol. The van der Waals surface area contributed by atoms with Gasteiger partial charge in [0.2, 0.25) is 0 Å². The summed E-state index contributed by atoms with van der Waals surface area (Å²) in [7, 11) is 0. The molecule has 0 spiro atoms. The molecule has 0 bridgehead atoms. The number of nitrogens with two attached hydrogens (primary N) is 1. The normalized spacial score (nSPS) is 11.0. The van der Waals surface area contributed by atoms with Gasteiger partial charge in [0.15, 0.2) is 5.75 Å². The van der Waals surface area contributed by atoms with E-state index in [0.717, 1.165) is 5.39 Å². The lowest BCUT2D eigenvalue weighted by Crippen LogP contribution is -2.12. The van der Waals surface area contributed by atoms with Crippen LogP contribution in [0.15, 0.2) is 95.2 Å². The van der Waals surface area contributed by atoms with Crippen molar-refractivity contribution in [3.05, 3.63) is 90.5 Å². The van der Waals surface area contributed by atoms with Crippen LogP contribution in [-0.4, -0.2) is 11.0 Å². The van der Waals surface area contributed by atoms with Gasteiger partial charge in [0.1, 0.15) is 5.69 Å². The van der Waals surface area contributed by atoms with Crippen LogP contribution in [0.2, 0.25) is 0 Å². The molecule has 0 aliphatic carbocycles. The SMILES string of the molecule is Nc1ccc(N=Nc2c(O)c(C(=O)Nc3ccccc3)cc3ccccc23)cc1. The van der Waals surface area contributed by atoms with Gasteiger partial charge in [0.05, 0.1) is 11.3 Å². The number of nitrogens with one attached hydrogen (secondary N) is 1. The summed E-state index contributed by atoms with van der Waals surface area (Å²) in [6, 6.07) is 25.0. The third kappa shape index (κ3) is 3.91. The van der Waals surface area contributed by atoms with E-state index in [2.05, 4.69) is 15.5 Å². The van der Waals surface area contributed by atoms with Crippen molar-refractivity contribution in [2.75, 3.05) is 11.1 Å². The maximum absolute atomic E-state index is 12.8. The van der Waals surface area contributed by atoms with Crippen molar-refractivity contribution in [1.29, 1.82) is 0 Å². The number of carbonyl (C=O) groups is 1. The molecule has 142 valence electrons. The highest BCUT2D eigenvalue weighted by Gasteiger charge is 2.18. The van der Waals surface area contributed by atoms with E-state index >= 15 is 0 Å². The molecule has 0 saturated heterocycles. The van der Waals surface area contributed by atoms with Crippen LogP contribution in [0.1, 0.15) is 10.4 Å². The number of nitrogen functional groups attached to an aromatic ring is 1. The Bertz CT molecular complexity index is 1200. The lowest BCUT2D eigenvalue weighted by molar-refractivity contribution is 0.102. The lowest BCUT2D eigenvalue weighted by Gasteiger charge is -2.11. The van der Waals surface area contributed by atoms with Gasteiger partial charge in [-0.05, 0) is 47.9 Å². The molecule has 0 heterocycles. The summed E-state index contributed by atoms with van der Waals surface area (Å²) in [5.41, 5.74) is 7.89. The van der Waals surface area contributed by atoms with Crippen LogP contribution in [0.3, 0.4) is 0 Å². The minimum atomic E-state index is -0.427. The van der Waals surface area contributed by atoms with E-state index in [1.54, 1.807) is 42.5 Å². The molecule has 0 radical (unpaired) electrons. The summed E-state index contributed by atoms with van der Waals surface area (Å²) < 4.78 is 0. The Hall–Kier alpha value is -4.19. The molecule has 4 aromatic carbocycles. The highest BCUT2D eigenvalue weighted by atomic mass is 16.3. The summed E-state index contributed by atoms with van der Waals surface area (Å²) >= 11 is 0. The number of aromatic hydroxyl groups is 1. The second kappa shape index (κ2) is 7.82. The molecule has 6 nitrogen and oxygen atoms in total. The summed E-state index contributed by atoms with van der Waals surface area (Å²) in [5, 5.41) is 23.5. The molecule has 0 aliphatic rings. The molecule has 29 heavy (non-hydrogen) atoms. The summed E-state index contributed by atoms with van der Waals surface area (Å²) in [4.78, 5) is 12.8. The van der Waals surface area contributed by atoms with Crippen molar-refractivity contribution in [2.45, 2.75) is 0 Å². The van der Waals surface area contributed by atoms with E-state index in [0.29, 0.717) is 22.4 Å². The van der Waals surface area contributed by atoms with Crippen molar-refractivity contribution >= 4 is 39.4 Å². The quantitative estimate of drug-likeness (QED) is 0.307. The number of azo groups is 1. The van der Waals surface area contributed by atoms with E-state index in [4.69, 9.17) is 5.73 Å². The summed E-state index contributed by atoms with van der Waals surface area (Å²) in [6.45, 7) is 0. The fourth-order valence-electron chi connectivity index (χ4n) is 2.96. The second-order valence-corrected chi connectivity index (χ2v) is 6.45. The van der Waals surface area contributed by atoms with Gasteiger partial charge in [0, 0.05) is 16.8 Å². The lowest BCUT2D eigenvalue weighted by atomic mass is 10.0. The molecule has 0 saturated carbocycles. The van der Waals surface area contributed by atoms with Gasteiger partial charge in [-0.1, -0.05) is 42.5 Å². The molecule has 0 fully saturated rings. The molecule has 4 N–H and O–H groups in total. The van der Waals surface area contributed by atoms with Crippen LogP contribution in [-0.2, 0) is 0 Å². The van der Waals surface area contributed by atoms with E-state index in [1.165, 1.54) is 0 Å². The minimum Gasteiger partial charge on any atom is -0.505 e. The average molecular weight is 382 g/mol. The molecule has 4 rings (SSSR count). The number of phenolic OH excluding ortho intramolecular Hbond substituents is 1. The van der Waals surface area contributed by atoms with Gasteiger partial charge in [-0.3, -0.25) is 4.79 Å². The Balaban J connectivity index is 1.77. The first-order valence-electron chi connectivity index (χ1n) is 9.00. The van der Waals surface area contributed by atoms with Crippen molar-refractivity contribution < 1.29 is 9.90 Å². The molecule has 0 aliphatic heterocycles. The number of hydrogen-bond acceptors (Lipinski definition) is 5. The number of phenols is 1. The Kier molecular flexibility index (Phi) is 4.90. The van der Waals surface area contributed by atoms with Crippen molar-refractivity contribution in [2.24, 2.45) is 10.2 Å². The Morgan fingerprint density at radius 1 is 0.862 bits per heavy atom. The predicted molar refractivity (Wildman–Crippen MR) is 115 cm³/mol. The monoisotopic (exact) mass is 382 g/mol. The maximum atomic E-state index is 12.8. The second-order valence-electron chi connectivity index (χ2n) is 6.45. The van der Waals surface area contributed by atoms with Crippen LogP contribution in [0.5, 0.6) is 5.75 Å². The van der Waals surface area contributed by atoms with Gasteiger partial charge >= 0.3 is 0 Å². The number of anilines is 2. The van der Waals surface area contributed by atoms with E-state index in [1.807, 2.05) is 42.5 Å². The molecule has 4 aromatic rings. The molecule has 0 atom stereocenters. The first-order chi connectivity index (χ1) is 14.1. The number of carbonyl (C=O) groups excluding carboxylic acids is 1. The van der Waals surface area contributed by atoms with E-state index in [-0.39, 0.29) is 17.0 Å². The number of para-hydroxylation sites is 1. The minimum absolute atomic E-state index is 0.124. The highest BCUT2D eigenvalue weighted by Crippen LogP contribution is 2.39. The van der Waals surface area contributed by atoms with Crippen molar-refractivity contribution in [3.63, 3.8) is 0 Å².